The highest BCUT2D eigenvalue weighted by atomic mass is 35.5. The van der Waals surface area contributed by atoms with E-state index in [0.29, 0.717) is 0 Å². The quantitative estimate of drug-likeness (QED) is 0.727. The number of hydrogen-bond donors (Lipinski definition) is 1. The second kappa shape index (κ2) is 3.27. The fraction of sp³-hybridized carbons (Fsp3) is 0.0909. The molecule has 0 saturated heterocycles. The van der Waals surface area contributed by atoms with E-state index in [1.807, 2.05) is 37.4 Å². The van der Waals surface area contributed by atoms with Gasteiger partial charge in [-0.05, 0) is 23.6 Å². The first-order valence-corrected chi connectivity index (χ1v) is 4.55. The van der Waals surface area contributed by atoms with E-state index < -0.39 is 0 Å². The molecule has 0 aliphatic carbocycles. The van der Waals surface area contributed by atoms with Gasteiger partial charge in [0, 0.05) is 23.1 Å². The number of benzene rings is 2. The molecule has 0 radical (unpaired) electrons. The number of halogens is 1. The van der Waals surface area contributed by atoms with Crippen molar-refractivity contribution >= 4 is 28.1 Å². The topological polar surface area (TPSA) is 12.0 Å². The molecule has 2 heteroatoms. The summed E-state index contributed by atoms with van der Waals surface area (Å²) in [6.07, 6.45) is 0. The van der Waals surface area contributed by atoms with Crippen molar-refractivity contribution in [3.8, 4) is 0 Å². The Morgan fingerprint density at radius 3 is 2.77 bits per heavy atom. The molecule has 0 atom stereocenters. The minimum Gasteiger partial charge on any atom is -0.388 e. The van der Waals surface area contributed by atoms with Crippen LogP contribution < -0.4 is 5.32 Å². The lowest BCUT2D eigenvalue weighted by Gasteiger charge is -2.05. The summed E-state index contributed by atoms with van der Waals surface area (Å²) in [6, 6.07) is 12.1. The van der Waals surface area contributed by atoms with Gasteiger partial charge in [-0.15, -0.1) is 0 Å². The highest BCUT2D eigenvalue weighted by Gasteiger charge is 1.98. The summed E-state index contributed by atoms with van der Waals surface area (Å²) in [4.78, 5) is 0. The molecule has 1 N–H and O–H groups in total. The Morgan fingerprint density at radius 1 is 1.15 bits per heavy atom. The number of rotatable bonds is 1. The summed E-state index contributed by atoms with van der Waals surface area (Å²) in [6.45, 7) is 0. The average molecular weight is 192 g/mol. The molecule has 0 aliphatic heterocycles. The molecule has 0 spiro atoms. The maximum absolute atomic E-state index is 5.92. The van der Waals surface area contributed by atoms with Crippen LogP contribution in [0, 0.1) is 0 Å². The van der Waals surface area contributed by atoms with Gasteiger partial charge in [-0.1, -0.05) is 29.8 Å². The predicted octanol–water partition coefficient (Wildman–Crippen LogP) is 3.53. The second-order valence-corrected chi connectivity index (χ2v) is 3.36. The third-order valence-corrected chi connectivity index (χ3v) is 2.35. The van der Waals surface area contributed by atoms with Gasteiger partial charge in [0.1, 0.15) is 0 Å². The van der Waals surface area contributed by atoms with Crippen molar-refractivity contribution in [3.05, 3.63) is 41.4 Å². The van der Waals surface area contributed by atoms with Gasteiger partial charge >= 0.3 is 0 Å². The van der Waals surface area contributed by atoms with E-state index in [-0.39, 0.29) is 0 Å². The van der Waals surface area contributed by atoms with Gasteiger partial charge in [0.15, 0.2) is 0 Å². The first-order valence-electron chi connectivity index (χ1n) is 4.17. The largest absolute Gasteiger partial charge is 0.388 e. The number of nitrogens with one attached hydrogen (secondary N) is 1. The molecule has 0 bridgehead atoms. The maximum atomic E-state index is 5.92. The molecular formula is C11H10ClN. The maximum Gasteiger partial charge on any atom is 0.0417 e. The van der Waals surface area contributed by atoms with E-state index in [9.17, 15) is 0 Å². The highest BCUT2D eigenvalue weighted by molar-refractivity contribution is 6.31. The Kier molecular flexibility index (Phi) is 2.11. The van der Waals surface area contributed by atoms with Crippen LogP contribution in [0.1, 0.15) is 0 Å². The van der Waals surface area contributed by atoms with Gasteiger partial charge in [-0.25, -0.2) is 0 Å². The zero-order valence-electron chi connectivity index (χ0n) is 7.34. The molecular weight excluding hydrogens is 182 g/mol. The minimum atomic E-state index is 0.773. The summed E-state index contributed by atoms with van der Waals surface area (Å²) in [7, 11) is 1.91. The normalized spacial score (nSPS) is 10.3. The highest BCUT2D eigenvalue weighted by Crippen LogP contribution is 2.25. The van der Waals surface area contributed by atoms with Crippen LogP contribution in [0.15, 0.2) is 36.4 Å². The molecule has 2 aromatic carbocycles. The van der Waals surface area contributed by atoms with Crippen molar-refractivity contribution in [2.24, 2.45) is 0 Å². The van der Waals surface area contributed by atoms with Crippen LogP contribution in [0.2, 0.25) is 5.02 Å². The molecule has 2 rings (SSSR count). The minimum absolute atomic E-state index is 0.773. The molecule has 0 heterocycles. The Hall–Kier alpha value is -1.21. The van der Waals surface area contributed by atoms with E-state index >= 15 is 0 Å². The Morgan fingerprint density at radius 2 is 2.00 bits per heavy atom. The average Bonchev–Trinajstić information content (AvgIpc) is 2.17. The van der Waals surface area contributed by atoms with Crippen molar-refractivity contribution in [2.45, 2.75) is 0 Å². The predicted molar refractivity (Wildman–Crippen MR) is 58.5 cm³/mol. The summed E-state index contributed by atoms with van der Waals surface area (Å²) in [5.74, 6) is 0. The van der Waals surface area contributed by atoms with Crippen LogP contribution in [0.5, 0.6) is 0 Å². The molecule has 0 fully saturated rings. The first kappa shape index (κ1) is 8.39. The van der Waals surface area contributed by atoms with Crippen LogP contribution in [-0.4, -0.2) is 7.05 Å². The Balaban J connectivity index is 2.79. The zero-order chi connectivity index (χ0) is 9.26. The molecule has 0 saturated carbocycles. The van der Waals surface area contributed by atoms with Crippen LogP contribution in [0.25, 0.3) is 10.8 Å². The van der Waals surface area contributed by atoms with Gasteiger partial charge in [0.25, 0.3) is 0 Å². The van der Waals surface area contributed by atoms with Crippen molar-refractivity contribution in [1.29, 1.82) is 0 Å². The first-order chi connectivity index (χ1) is 6.31. The number of hydrogen-bond acceptors (Lipinski definition) is 1. The fourth-order valence-electron chi connectivity index (χ4n) is 1.46. The Bertz CT molecular complexity index is 437. The van der Waals surface area contributed by atoms with E-state index in [4.69, 9.17) is 11.6 Å². The molecule has 13 heavy (non-hydrogen) atoms. The lowest BCUT2D eigenvalue weighted by Crippen LogP contribution is -1.88. The van der Waals surface area contributed by atoms with E-state index in [1.54, 1.807) is 0 Å². The van der Waals surface area contributed by atoms with Crippen LogP contribution in [-0.2, 0) is 0 Å². The van der Waals surface area contributed by atoms with Crippen LogP contribution in [0.3, 0.4) is 0 Å². The summed E-state index contributed by atoms with van der Waals surface area (Å²) >= 11 is 5.92. The van der Waals surface area contributed by atoms with E-state index in [1.165, 1.54) is 5.39 Å². The van der Waals surface area contributed by atoms with Crippen molar-refractivity contribution in [1.82, 2.24) is 0 Å². The SMILES string of the molecule is CNc1cccc2ccc(Cl)cc12. The van der Waals surface area contributed by atoms with Gasteiger partial charge in [0.2, 0.25) is 0 Å². The van der Waals surface area contributed by atoms with Crippen molar-refractivity contribution < 1.29 is 0 Å². The van der Waals surface area contributed by atoms with Crippen LogP contribution in [0.4, 0.5) is 5.69 Å². The van der Waals surface area contributed by atoms with Crippen molar-refractivity contribution in [2.75, 3.05) is 12.4 Å². The van der Waals surface area contributed by atoms with Gasteiger partial charge in [-0.2, -0.15) is 0 Å². The Labute approximate surface area is 82.3 Å². The zero-order valence-corrected chi connectivity index (χ0v) is 8.10. The fourth-order valence-corrected chi connectivity index (χ4v) is 1.63. The molecule has 0 unspecified atom stereocenters. The van der Waals surface area contributed by atoms with Crippen LogP contribution >= 0.6 is 11.6 Å². The summed E-state index contributed by atoms with van der Waals surface area (Å²) < 4.78 is 0. The summed E-state index contributed by atoms with van der Waals surface area (Å²) in [5.41, 5.74) is 1.11. The molecule has 0 aromatic heterocycles. The molecule has 0 aliphatic rings. The molecule has 2 aromatic rings. The smallest absolute Gasteiger partial charge is 0.0417 e. The lowest BCUT2D eigenvalue weighted by atomic mass is 10.1. The lowest BCUT2D eigenvalue weighted by molar-refractivity contribution is 1.55. The number of anilines is 1. The van der Waals surface area contributed by atoms with Gasteiger partial charge in [0.05, 0.1) is 0 Å². The monoisotopic (exact) mass is 191 g/mol. The van der Waals surface area contributed by atoms with Gasteiger partial charge < -0.3 is 5.32 Å². The third-order valence-electron chi connectivity index (χ3n) is 2.11. The van der Waals surface area contributed by atoms with E-state index in [2.05, 4.69) is 11.4 Å². The second-order valence-electron chi connectivity index (χ2n) is 2.92. The van der Waals surface area contributed by atoms with E-state index in [0.717, 1.165) is 16.1 Å². The molecule has 1 nitrogen and oxygen atoms in total. The summed E-state index contributed by atoms with van der Waals surface area (Å²) in [5, 5.41) is 6.28. The molecule has 0 amide bonds. The molecule has 66 valence electrons. The standard InChI is InChI=1S/C11H10ClN/c1-13-11-4-2-3-8-5-6-9(12)7-10(8)11/h2-7,13H,1H3. The number of fused-ring (bicyclic) bond motifs is 1. The van der Waals surface area contributed by atoms with Gasteiger partial charge in [-0.3, -0.25) is 0 Å². The van der Waals surface area contributed by atoms with Crippen molar-refractivity contribution in [3.63, 3.8) is 0 Å². The third kappa shape index (κ3) is 1.47.